The summed E-state index contributed by atoms with van der Waals surface area (Å²) in [5.74, 6) is 1.59. The number of amides is 1. The Balaban J connectivity index is 1.85. The summed E-state index contributed by atoms with van der Waals surface area (Å²) in [6.07, 6.45) is 0.462. The number of carbonyl (C=O) groups is 1. The lowest BCUT2D eigenvalue weighted by atomic mass is 10.1. The Bertz CT molecular complexity index is 661. The molecule has 0 aliphatic heterocycles. The number of methoxy groups -OCH3 is 1. The summed E-state index contributed by atoms with van der Waals surface area (Å²) < 4.78 is 5.13. The number of nitrogens with one attached hydrogen (secondary N) is 1. The van der Waals surface area contributed by atoms with E-state index in [0.717, 1.165) is 39.0 Å². The van der Waals surface area contributed by atoms with Crippen molar-refractivity contribution in [3.05, 3.63) is 47.3 Å². The molecule has 0 saturated heterocycles. The van der Waals surface area contributed by atoms with Crippen LogP contribution in [0.25, 0.3) is 0 Å². The van der Waals surface area contributed by atoms with E-state index in [4.69, 9.17) is 4.74 Å². The predicted octanol–water partition coefficient (Wildman–Crippen LogP) is 4.14. The SMILES string of the molecule is COc1ccc(SCCC(=O)Nc2c(C)cc(C)nc2C)cc1. The largest absolute Gasteiger partial charge is 0.497 e. The van der Waals surface area contributed by atoms with Gasteiger partial charge in [0.25, 0.3) is 0 Å². The summed E-state index contributed by atoms with van der Waals surface area (Å²) in [6.45, 7) is 5.86. The summed E-state index contributed by atoms with van der Waals surface area (Å²) in [6, 6.07) is 9.83. The van der Waals surface area contributed by atoms with Crippen LogP contribution in [0.2, 0.25) is 0 Å². The Hall–Kier alpha value is -2.01. The second-order valence-electron chi connectivity index (χ2n) is 5.36. The number of pyridine rings is 1. The number of benzene rings is 1. The molecule has 1 aromatic heterocycles. The molecule has 1 aromatic carbocycles. The summed E-state index contributed by atoms with van der Waals surface area (Å²) in [4.78, 5) is 17.6. The standard InChI is InChI=1S/C18H22N2O2S/c1-12-11-13(2)19-14(3)18(12)20-17(21)9-10-23-16-7-5-15(22-4)6-8-16/h5-8,11H,9-10H2,1-4H3,(H,20,21). The van der Waals surface area contributed by atoms with Gasteiger partial charge >= 0.3 is 0 Å². The van der Waals surface area contributed by atoms with E-state index in [1.54, 1.807) is 18.9 Å². The molecule has 0 bridgehead atoms. The molecule has 2 rings (SSSR count). The highest BCUT2D eigenvalue weighted by Crippen LogP contribution is 2.23. The third kappa shape index (κ3) is 4.99. The first kappa shape index (κ1) is 17.3. The van der Waals surface area contributed by atoms with E-state index in [-0.39, 0.29) is 5.91 Å². The molecule has 122 valence electrons. The minimum atomic E-state index is 0.0165. The maximum atomic E-state index is 12.1. The van der Waals surface area contributed by atoms with Crippen molar-refractivity contribution in [3.63, 3.8) is 0 Å². The van der Waals surface area contributed by atoms with Crippen LogP contribution in [0.3, 0.4) is 0 Å². The Labute approximate surface area is 141 Å². The summed E-state index contributed by atoms with van der Waals surface area (Å²) in [7, 11) is 1.65. The molecule has 5 heteroatoms. The quantitative estimate of drug-likeness (QED) is 0.809. The van der Waals surface area contributed by atoms with Gasteiger partial charge < -0.3 is 10.1 Å². The van der Waals surface area contributed by atoms with Gasteiger partial charge in [-0.3, -0.25) is 9.78 Å². The third-order valence-electron chi connectivity index (χ3n) is 3.45. The van der Waals surface area contributed by atoms with Gasteiger partial charge in [0.2, 0.25) is 5.91 Å². The van der Waals surface area contributed by atoms with Gasteiger partial charge in [-0.15, -0.1) is 11.8 Å². The van der Waals surface area contributed by atoms with Crippen molar-refractivity contribution in [2.75, 3.05) is 18.2 Å². The molecule has 1 heterocycles. The number of carbonyl (C=O) groups excluding carboxylic acids is 1. The molecule has 23 heavy (non-hydrogen) atoms. The molecular weight excluding hydrogens is 308 g/mol. The Morgan fingerprint density at radius 2 is 1.91 bits per heavy atom. The van der Waals surface area contributed by atoms with E-state index in [9.17, 15) is 4.79 Å². The van der Waals surface area contributed by atoms with E-state index in [2.05, 4.69) is 10.3 Å². The predicted molar refractivity (Wildman–Crippen MR) is 95.4 cm³/mol. The number of nitrogens with zero attached hydrogens (tertiary/aromatic N) is 1. The normalized spacial score (nSPS) is 10.4. The number of rotatable bonds is 6. The highest BCUT2D eigenvalue weighted by molar-refractivity contribution is 7.99. The van der Waals surface area contributed by atoms with Crippen LogP contribution in [0.5, 0.6) is 5.75 Å². The first-order valence-corrected chi connectivity index (χ1v) is 8.49. The summed E-state index contributed by atoms with van der Waals surface area (Å²) >= 11 is 1.66. The number of hydrogen-bond donors (Lipinski definition) is 1. The van der Waals surface area contributed by atoms with Crippen molar-refractivity contribution in [1.82, 2.24) is 4.98 Å². The minimum Gasteiger partial charge on any atom is -0.497 e. The van der Waals surface area contributed by atoms with Gasteiger partial charge in [-0.2, -0.15) is 0 Å². The van der Waals surface area contributed by atoms with Gasteiger partial charge in [0.15, 0.2) is 0 Å². The number of aromatic nitrogens is 1. The number of thioether (sulfide) groups is 1. The Morgan fingerprint density at radius 1 is 1.22 bits per heavy atom. The molecule has 0 saturated carbocycles. The van der Waals surface area contributed by atoms with Crippen molar-refractivity contribution in [3.8, 4) is 5.75 Å². The molecule has 0 fully saturated rings. The van der Waals surface area contributed by atoms with Crippen molar-refractivity contribution >= 4 is 23.4 Å². The van der Waals surface area contributed by atoms with Gasteiger partial charge in [-0.1, -0.05) is 0 Å². The zero-order valence-electron chi connectivity index (χ0n) is 14.0. The van der Waals surface area contributed by atoms with E-state index >= 15 is 0 Å². The Morgan fingerprint density at radius 3 is 2.52 bits per heavy atom. The van der Waals surface area contributed by atoms with E-state index < -0.39 is 0 Å². The van der Waals surface area contributed by atoms with Gasteiger partial charge in [0.1, 0.15) is 5.75 Å². The zero-order valence-corrected chi connectivity index (χ0v) is 14.8. The third-order valence-corrected chi connectivity index (χ3v) is 4.46. The van der Waals surface area contributed by atoms with E-state index in [1.807, 2.05) is 51.1 Å². The molecule has 0 unspecified atom stereocenters. The van der Waals surface area contributed by atoms with E-state index in [0.29, 0.717) is 6.42 Å². The molecule has 1 N–H and O–H groups in total. The molecule has 4 nitrogen and oxygen atoms in total. The minimum absolute atomic E-state index is 0.0165. The van der Waals surface area contributed by atoms with Crippen molar-refractivity contribution in [1.29, 1.82) is 0 Å². The van der Waals surface area contributed by atoms with Gasteiger partial charge in [-0.25, -0.2) is 0 Å². The molecule has 2 aromatic rings. The van der Waals surface area contributed by atoms with Crippen molar-refractivity contribution in [2.45, 2.75) is 32.1 Å². The van der Waals surface area contributed by atoms with Crippen LogP contribution in [0.1, 0.15) is 23.4 Å². The van der Waals surface area contributed by atoms with Crippen LogP contribution in [0, 0.1) is 20.8 Å². The maximum absolute atomic E-state index is 12.1. The fourth-order valence-electron chi connectivity index (χ4n) is 2.35. The van der Waals surface area contributed by atoms with Gasteiger partial charge in [-0.05, 0) is 56.7 Å². The maximum Gasteiger partial charge on any atom is 0.225 e. The van der Waals surface area contributed by atoms with Crippen LogP contribution >= 0.6 is 11.8 Å². The smallest absolute Gasteiger partial charge is 0.225 e. The first-order valence-electron chi connectivity index (χ1n) is 7.51. The van der Waals surface area contributed by atoms with Crippen LogP contribution < -0.4 is 10.1 Å². The van der Waals surface area contributed by atoms with Crippen LogP contribution in [-0.2, 0) is 4.79 Å². The fraction of sp³-hybridized carbons (Fsp3) is 0.333. The van der Waals surface area contributed by atoms with Crippen LogP contribution in [0.4, 0.5) is 5.69 Å². The highest BCUT2D eigenvalue weighted by atomic mass is 32.2. The fourth-order valence-corrected chi connectivity index (χ4v) is 3.20. The highest BCUT2D eigenvalue weighted by Gasteiger charge is 2.09. The summed E-state index contributed by atoms with van der Waals surface area (Å²) in [5, 5.41) is 2.98. The van der Waals surface area contributed by atoms with Gasteiger partial charge in [0, 0.05) is 22.8 Å². The molecule has 0 spiro atoms. The number of aryl methyl sites for hydroxylation is 3. The number of anilines is 1. The average molecular weight is 330 g/mol. The molecule has 0 aliphatic rings. The zero-order chi connectivity index (χ0) is 16.8. The lowest BCUT2D eigenvalue weighted by Crippen LogP contribution is -2.14. The second-order valence-corrected chi connectivity index (χ2v) is 6.53. The second kappa shape index (κ2) is 8.02. The Kier molecular flexibility index (Phi) is 6.04. The average Bonchev–Trinajstić information content (AvgIpc) is 2.51. The summed E-state index contributed by atoms with van der Waals surface area (Å²) in [5.41, 5.74) is 3.70. The van der Waals surface area contributed by atoms with E-state index in [1.165, 1.54) is 0 Å². The van der Waals surface area contributed by atoms with Crippen molar-refractivity contribution < 1.29 is 9.53 Å². The molecular formula is C18H22N2O2S. The lowest BCUT2D eigenvalue weighted by Gasteiger charge is -2.12. The number of ether oxygens (including phenoxy) is 1. The lowest BCUT2D eigenvalue weighted by molar-refractivity contribution is -0.115. The number of hydrogen-bond acceptors (Lipinski definition) is 4. The molecule has 0 aliphatic carbocycles. The first-order chi connectivity index (χ1) is 11.0. The van der Waals surface area contributed by atoms with Crippen LogP contribution in [0.15, 0.2) is 35.2 Å². The van der Waals surface area contributed by atoms with Crippen LogP contribution in [-0.4, -0.2) is 23.8 Å². The topological polar surface area (TPSA) is 51.2 Å². The molecule has 0 radical (unpaired) electrons. The molecule has 0 atom stereocenters. The van der Waals surface area contributed by atoms with Gasteiger partial charge in [0.05, 0.1) is 18.5 Å². The van der Waals surface area contributed by atoms with Crippen molar-refractivity contribution in [2.24, 2.45) is 0 Å². The molecule has 1 amide bonds. The monoisotopic (exact) mass is 330 g/mol.